The monoisotopic (exact) mass is 295 g/mol. The molecule has 1 aliphatic heterocycles. The maximum Gasteiger partial charge on any atom is 0.209 e. The minimum atomic E-state index is 0.756. The number of rotatable bonds is 3. The number of benzene rings is 1. The largest absolute Gasteiger partial charge is 0.439 e. The molecule has 0 spiro atoms. The number of piperazine rings is 1. The molecule has 22 heavy (non-hydrogen) atoms. The lowest BCUT2D eigenvalue weighted by Crippen LogP contribution is -2.46. The molecule has 0 saturated carbocycles. The first-order valence-electron chi connectivity index (χ1n) is 7.46. The van der Waals surface area contributed by atoms with Crippen LogP contribution in [0.25, 0.3) is 11.1 Å². The first-order chi connectivity index (χ1) is 10.9. The number of fused-ring (bicyclic) bond motifs is 1. The summed E-state index contributed by atoms with van der Waals surface area (Å²) in [4.78, 5) is 17.5. The van der Waals surface area contributed by atoms with Crippen LogP contribution in [-0.2, 0) is 6.54 Å². The van der Waals surface area contributed by atoms with E-state index < -0.39 is 0 Å². The average molecular weight is 295 g/mol. The topological polar surface area (TPSA) is 58.3 Å². The molecule has 2 aromatic heterocycles. The highest BCUT2D eigenvalue weighted by molar-refractivity contribution is 5.72. The molecule has 3 heterocycles. The van der Waals surface area contributed by atoms with E-state index in [-0.39, 0.29) is 0 Å². The summed E-state index contributed by atoms with van der Waals surface area (Å²) in [5, 5.41) is 0. The molecule has 3 aromatic rings. The molecular weight excluding hydrogens is 278 g/mol. The Labute approximate surface area is 128 Å². The quantitative estimate of drug-likeness (QED) is 0.736. The molecule has 1 fully saturated rings. The van der Waals surface area contributed by atoms with Crippen LogP contribution in [0, 0.1) is 0 Å². The number of para-hydroxylation sites is 2. The van der Waals surface area contributed by atoms with Crippen LogP contribution >= 0.6 is 0 Å². The van der Waals surface area contributed by atoms with Gasteiger partial charge in [0.15, 0.2) is 5.58 Å². The number of nitrogens with zero attached hydrogens (tertiary/aromatic N) is 5. The number of hydrogen-bond donors (Lipinski definition) is 0. The fourth-order valence-electron chi connectivity index (χ4n) is 2.78. The Hall–Kier alpha value is -2.47. The Balaban J connectivity index is 1.39. The van der Waals surface area contributed by atoms with Crippen molar-refractivity contribution in [3.63, 3.8) is 0 Å². The average Bonchev–Trinajstić information content (AvgIpc) is 2.98. The van der Waals surface area contributed by atoms with E-state index in [4.69, 9.17) is 4.42 Å². The summed E-state index contributed by atoms with van der Waals surface area (Å²) in [6.07, 6.45) is 3.38. The van der Waals surface area contributed by atoms with E-state index in [1.807, 2.05) is 30.3 Å². The fraction of sp³-hybridized carbons (Fsp3) is 0.312. The molecule has 112 valence electrons. The molecule has 0 atom stereocenters. The lowest BCUT2D eigenvalue weighted by atomic mass is 10.3. The number of oxazole rings is 1. The van der Waals surface area contributed by atoms with Crippen LogP contribution in [0.15, 0.2) is 47.3 Å². The van der Waals surface area contributed by atoms with Crippen molar-refractivity contribution >= 4 is 16.9 Å². The van der Waals surface area contributed by atoms with Gasteiger partial charge in [0.05, 0.1) is 6.54 Å². The second-order valence-corrected chi connectivity index (χ2v) is 5.41. The van der Waals surface area contributed by atoms with Crippen molar-refractivity contribution in [2.75, 3.05) is 31.1 Å². The SMILES string of the molecule is c1ccc2oc(CN3CCN(c4ccncn4)CC3)nc2c1. The molecule has 4 rings (SSSR count). The van der Waals surface area contributed by atoms with Gasteiger partial charge in [0.1, 0.15) is 17.7 Å². The summed E-state index contributed by atoms with van der Waals surface area (Å²) < 4.78 is 5.80. The second kappa shape index (κ2) is 5.73. The third-order valence-electron chi connectivity index (χ3n) is 3.96. The van der Waals surface area contributed by atoms with Crippen LogP contribution in [0.5, 0.6) is 0 Å². The van der Waals surface area contributed by atoms with Crippen LogP contribution in [0.4, 0.5) is 5.82 Å². The van der Waals surface area contributed by atoms with Crippen molar-refractivity contribution in [3.05, 3.63) is 48.7 Å². The summed E-state index contributed by atoms with van der Waals surface area (Å²) >= 11 is 0. The van der Waals surface area contributed by atoms with Crippen molar-refractivity contribution in [1.29, 1.82) is 0 Å². The second-order valence-electron chi connectivity index (χ2n) is 5.41. The standard InChI is InChI=1S/C16H17N5O/c1-2-4-14-13(3-1)19-16(22-14)11-20-7-9-21(10-8-20)15-5-6-17-12-18-15/h1-6,12H,7-11H2. The number of aromatic nitrogens is 3. The minimum Gasteiger partial charge on any atom is -0.439 e. The van der Waals surface area contributed by atoms with E-state index >= 15 is 0 Å². The molecule has 6 heteroatoms. The minimum absolute atomic E-state index is 0.756. The number of hydrogen-bond acceptors (Lipinski definition) is 6. The van der Waals surface area contributed by atoms with E-state index in [9.17, 15) is 0 Å². The Morgan fingerprint density at radius 3 is 2.68 bits per heavy atom. The molecule has 0 amide bonds. The van der Waals surface area contributed by atoms with Gasteiger partial charge < -0.3 is 9.32 Å². The maximum atomic E-state index is 5.80. The summed E-state index contributed by atoms with van der Waals surface area (Å²) in [5.41, 5.74) is 1.79. The Kier molecular flexibility index (Phi) is 3.44. The van der Waals surface area contributed by atoms with Crippen LogP contribution in [0.2, 0.25) is 0 Å². The summed E-state index contributed by atoms with van der Waals surface area (Å²) in [6, 6.07) is 9.84. The van der Waals surface area contributed by atoms with Gasteiger partial charge in [-0.15, -0.1) is 0 Å². The van der Waals surface area contributed by atoms with Gasteiger partial charge >= 0.3 is 0 Å². The fourth-order valence-corrected chi connectivity index (χ4v) is 2.78. The van der Waals surface area contributed by atoms with E-state index in [0.717, 1.165) is 55.5 Å². The normalized spacial score (nSPS) is 16.3. The van der Waals surface area contributed by atoms with E-state index in [2.05, 4.69) is 24.8 Å². The van der Waals surface area contributed by atoms with Crippen LogP contribution in [-0.4, -0.2) is 46.0 Å². The molecule has 1 saturated heterocycles. The molecule has 0 unspecified atom stereocenters. The van der Waals surface area contributed by atoms with Crippen LogP contribution < -0.4 is 4.90 Å². The predicted octanol–water partition coefficient (Wildman–Crippen LogP) is 1.94. The van der Waals surface area contributed by atoms with Gasteiger partial charge in [0.25, 0.3) is 0 Å². The van der Waals surface area contributed by atoms with Gasteiger partial charge in [-0.3, -0.25) is 4.90 Å². The Morgan fingerprint density at radius 1 is 1.05 bits per heavy atom. The summed E-state index contributed by atoms with van der Waals surface area (Å²) in [5.74, 6) is 1.79. The Morgan fingerprint density at radius 2 is 1.91 bits per heavy atom. The zero-order valence-corrected chi connectivity index (χ0v) is 12.2. The van der Waals surface area contributed by atoms with Gasteiger partial charge in [-0.25, -0.2) is 15.0 Å². The predicted molar refractivity (Wildman–Crippen MR) is 83.5 cm³/mol. The lowest BCUT2D eigenvalue weighted by molar-refractivity contribution is 0.228. The number of anilines is 1. The molecular formula is C16H17N5O. The van der Waals surface area contributed by atoms with Crippen molar-refractivity contribution in [2.45, 2.75) is 6.54 Å². The molecule has 1 aromatic carbocycles. The van der Waals surface area contributed by atoms with Crippen molar-refractivity contribution in [3.8, 4) is 0 Å². The highest BCUT2D eigenvalue weighted by Crippen LogP contribution is 2.17. The third-order valence-corrected chi connectivity index (χ3v) is 3.96. The maximum absolute atomic E-state index is 5.80. The Bertz CT molecular complexity index is 716. The molecule has 0 aliphatic carbocycles. The molecule has 0 N–H and O–H groups in total. The molecule has 1 aliphatic rings. The molecule has 6 nitrogen and oxygen atoms in total. The van der Waals surface area contributed by atoms with Crippen molar-refractivity contribution < 1.29 is 4.42 Å². The zero-order chi connectivity index (χ0) is 14.8. The molecule has 0 bridgehead atoms. The summed E-state index contributed by atoms with van der Waals surface area (Å²) in [6.45, 7) is 4.62. The van der Waals surface area contributed by atoms with Gasteiger partial charge in [-0.1, -0.05) is 12.1 Å². The van der Waals surface area contributed by atoms with Gasteiger partial charge in [-0.2, -0.15) is 0 Å². The van der Waals surface area contributed by atoms with E-state index in [1.165, 1.54) is 0 Å². The van der Waals surface area contributed by atoms with Gasteiger partial charge in [0.2, 0.25) is 5.89 Å². The highest BCUT2D eigenvalue weighted by Gasteiger charge is 2.19. The van der Waals surface area contributed by atoms with Gasteiger partial charge in [0, 0.05) is 32.4 Å². The molecule has 0 radical (unpaired) electrons. The van der Waals surface area contributed by atoms with Crippen molar-refractivity contribution in [2.24, 2.45) is 0 Å². The lowest BCUT2D eigenvalue weighted by Gasteiger charge is -2.34. The smallest absolute Gasteiger partial charge is 0.209 e. The zero-order valence-electron chi connectivity index (χ0n) is 12.2. The first kappa shape index (κ1) is 13.2. The third kappa shape index (κ3) is 2.65. The van der Waals surface area contributed by atoms with Gasteiger partial charge in [-0.05, 0) is 18.2 Å². The summed E-state index contributed by atoms with van der Waals surface area (Å²) in [7, 11) is 0. The van der Waals surface area contributed by atoms with Crippen LogP contribution in [0.3, 0.4) is 0 Å². The van der Waals surface area contributed by atoms with E-state index in [1.54, 1.807) is 12.5 Å². The highest BCUT2D eigenvalue weighted by atomic mass is 16.3. The van der Waals surface area contributed by atoms with E-state index in [0.29, 0.717) is 0 Å². The van der Waals surface area contributed by atoms with Crippen molar-refractivity contribution in [1.82, 2.24) is 19.9 Å². The first-order valence-corrected chi connectivity index (χ1v) is 7.46. The van der Waals surface area contributed by atoms with Crippen LogP contribution in [0.1, 0.15) is 5.89 Å².